The van der Waals surface area contributed by atoms with Crippen LogP contribution in [-0.2, 0) is 20.8 Å². The van der Waals surface area contributed by atoms with Crippen LogP contribution < -0.4 is 16.6 Å². The Hall–Kier alpha value is -2.65. The number of H-pyrrole nitrogens is 1. The third-order valence-corrected chi connectivity index (χ3v) is 3.59. The molecule has 0 fully saturated rings. The molecule has 0 atom stereocenters. The van der Waals surface area contributed by atoms with Gasteiger partial charge in [0.15, 0.2) is 4.77 Å². The molecule has 1 amide bonds. The van der Waals surface area contributed by atoms with Crippen LogP contribution in [0.5, 0.6) is 0 Å². The Labute approximate surface area is 150 Å². The normalized spacial score (nSPS) is 10.9. The van der Waals surface area contributed by atoms with Gasteiger partial charge in [0, 0.05) is 24.7 Å². The molecular formula is C16H22N4O4S. The molecule has 0 bridgehead atoms. The predicted octanol–water partition coefficient (Wildman–Crippen LogP) is 0.684. The van der Waals surface area contributed by atoms with Gasteiger partial charge in [0.2, 0.25) is 5.91 Å². The van der Waals surface area contributed by atoms with Crippen LogP contribution in [0.25, 0.3) is 5.57 Å². The molecule has 0 unspecified atom stereocenters. The maximum atomic E-state index is 11.9. The van der Waals surface area contributed by atoms with Crippen LogP contribution in [0.15, 0.2) is 41.6 Å². The first-order valence-electron chi connectivity index (χ1n) is 7.33. The minimum Gasteiger partial charge on any atom is -0.497 e. The van der Waals surface area contributed by atoms with Crippen LogP contribution in [0.1, 0.15) is 5.69 Å². The first-order valence-corrected chi connectivity index (χ1v) is 7.74. The molecule has 1 heterocycles. The van der Waals surface area contributed by atoms with E-state index in [0.29, 0.717) is 29.3 Å². The molecule has 0 aliphatic carbocycles. The lowest BCUT2D eigenvalue weighted by Gasteiger charge is -2.17. The number of nitrogens with one attached hydrogen (secondary N) is 2. The summed E-state index contributed by atoms with van der Waals surface area (Å²) in [7, 11) is 2.93. The number of hydrogen-bond donors (Lipinski definition) is 3. The van der Waals surface area contributed by atoms with Crippen molar-refractivity contribution in [2.24, 2.45) is 5.73 Å². The molecule has 0 saturated heterocycles. The number of nitrogens with two attached hydrogens (primary N) is 1. The molecule has 0 spiro atoms. The average Bonchev–Trinajstić information content (AvgIpc) is 2.59. The number of aromatic nitrogens is 2. The molecule has 0 aliphatic heterocycles. The number of nitrogens with zero attached hydrogens (tertiary/aromatic N) is 1. The highest BCUT2D eigenvalue weighted by Gasteiger charge is 2.14. The average molecular weight is 366 g/mol. The minimum absolute atomic E-state index is 0.108. The number of rotatable bonds is 9. The molecular weight excluding hydrogens is 344 g/mol. The van der Waals surface area contributed by atoms with Gasteiger partial charge in [-0.3, -0.25) is 14.6 Å². The summed E-state index contributed by atoms with van der Waals surface area (Å²) in [6.07, 6.45) is 1.59. The Kier molecular flexibility index (Phi) is 7.83. The number of hydrogen-bond acceptors (Lipinski definition) is 6. The predicted molar refractivity (Wildman–Crippen MR) is 98.2 cm³/mol. The fourth-order valence-electron chi connectivity index (χ4n) is 1.97. The van der Waals surface area contributed by atoms with E-state index in [1.54, 1.807) is 10.6 Å². The van der Waals surface area contributed by atoms with Gasteiger partial charge in [-0.2, -0.15) is 0 Å². The van der Waals surface area contributed by atoms with E-state index in [9.17, 15) is 9.59 Å². The molecule has 25 heavy (non-hydrogen) atoms. The van der Waals surface area contributed by atoms with Gasteiger partial charge in [0.05, 0.1) is 26.5 Å². The first kappa shape index (κ1) is 20.4. The SMILES string of the molecule is C=C(/C=C(\C(=C)OC)c1cc(=O)[nH]c(=S)n1CCNC(=O)CN)OC. The van der Waals surface area contributed by atoms with Gasteiger partial charge < -0.3 is 25.1 Å². The lowest BCUT2D eigenvalue weighted by molar-refractivity contribution is -0.119. The van der Waals surface area contributed by atoms with Crippen LogP contribution >= 0.6 is 12.2 Å². The van der Waals surface area contributed by atoms with Crippen LogP contribution in [0.2, 0.25) is 0 Å². The molecule has 9 heteroatoms. The van der Waals surface area contributed by atoms with Crippen LogP contribution in [0, 0.1) is 4.77 Å². The summed E-state index contributed by atoms with van der Waals surface area (Å²) in [4.78, 5) is 25.7. The summed E-state index contributed by atoms with van der Waals surface area (Å²) in [5.41, 5.74) is 5.83. The molecule has 0 radical (unpaired) electrons. The van der Waals surface area contributed by atoms with E-state index in [0.717, 1.165) is 0 Å². The minimum atomic E-state index is -0.375. The van der Waals surface area contributed by atoms with Gasteiger partial charge in [-0.1, -0.05) is 13.2 Å². The largest absolute Gasteiger partial charge is 0.497 e. The fraction of sp³-hybridized carbons (Fsp3) is 0.312. The summed E-state index contributed by atoms with van der Waals surface area (Å²) in [5.74, 6) is 0.364. The highest BCUT2D eigenvalue weighted by molar-refractivity contribution is 7.71. The zero-order valence-corrected chi connectivity index (χ0v) is 15.1. The highest BCUT2D eigenvalue weighted by Crippen LogP contribution is 2.23. The van der Waals surface area contributed by atoms with E-state index in [-0.39, 0.29) is 29.3 Å². The van der Waals surface area contributed by atoms with E-state index in [1.165, 1.54) is 20.3 Å². The Bertz CT molecular complexity index is 807. The van der Waals surface area contributed by atoms with Crippen LogP contribution in [0.4, 0.5) is 0 Å². The quantitative estimate of drug-likeness (QED) is 0.337. The molecule has 4 N–H and O–H groups in total. The number of carbonyl (C=O) groups is 1. The van der Waals surface area contributed by atoms with Crippen molar-refractivity contribution in [3.63, 3.8) is 0 Å². The number of aromatic amines is 1. The van der Waals surface area contributed by atoms with Crippen LogP contribution in [-0.4, -0.2) is 42.8 Å². The Morgan fingerprint density at radius 3 is 2.68 bits per heavy atom. The van der Waals surface area contributed by atoms with Gasteiger partial charge in [0.25, 0.3) is 5.56 Å². The Balaban J connectivity index is 3.39. The molecule has 0 aliphatic rings. The number of ether oxygens (including phenoxy) is 2. The van der Waals surface area contributed by atoms with Crippen molar-refractivity contribution in [3.05, 3.63) is 57.6 Å². The molecule has 1 aromatic rings. The van der Waals surface area contributed by atoms with Gasteiger partial charge in [0.1, 0.15) is 11.5 Å². The van der Waals surface area contributed by atoms with Gasteiger partial charge in [-0.15, -0.1) is 0 Å². The van der Waals surface area contributed by atoms with E-state index in [4.69, 9.17) is 27.4 Å². The van der Waals surface area contributed by atoms with Crippen LogP contribution in [0.3, 0.4) is 0 Å². The molecule has 0 saturated carbocycles. The lowest BCUT2D eigenvalue weighted by Crippen LogP contribution is -2.33. The highest BCUT2D eigenvalue weighted by atomic mass is 32.1. The van der Waals surface area contributed by atoms with Crippen molar-refractivity contribution in [2.75, 3.05) is 27.3 Å². The molecule has 1 rings (SSSR count). The first-order chi connectivity index (χ1) is 11.8. The summed E-state index contributed by atoms with van der Waals surface area (Å²) in [6.45, 7) is 8.05. The number of methoxy groups -OCH3 is 2. The Morgan fingerprint density at radius 2 is 2.12 bits per heavy atom. The van der Waals surface area contributed by atoms with Gasteiger partial charge in [-0.25, -0.2) is 0 Å². The van der Waals surface area contributed by atoms with E-state index < -0.39 is 0 Å². The number of allylic oxidation sites excluding steroid dienone is 2. The van der Waals surface area contributed by atoms with E-state index in [2.05, 4.69) is 23.5 Å². The monoisotopic (exact) mass is 366 g/mol. The fourth-order valence-corrected chi connectivity index (χ4v) is 2.26. The summed E-state index contributed by atoms with van der Waals surface area (Å²) < 4.78 is 12.1. The van der Waals surface area contributed by atoms with Crippen molar-refractivity contribution < 1.29 is 14.3 Å². The second-order valence-corrected chi connectivity index (χ2v) is 5.27. The summed E-state index contributed by atoms with van der Waals surface area (Å²) in [5, 5.41) is 2.65. The van der Waals surface area contributed by atoms with Crippen molar-refractivity contribution >= 4 is 23.7 Å². The number of amides is 1. The maximum Gasteiger partial charge on any atom is 0.252 e. The molecule has 1 aromatic heterocycles. The zero-order chi connectivity index (χ0) is 19.0. The standard InChI is InChI=1S/C16H22N4O4S/c1-10(23-3)7-12(11(2)24-4)13-8-14(21)19-16(25)20(13)6-5-18-15(22)9-17/h7-8H,1-2,5-6,9,17H2,3-4H3,(H,18,22)(H,19,21,25)/b12-7+. The van der Waals surface area contributed by atoms with Crippen molar-refractivity contribution in [1.82, 2.24) is 14.9 Å². The van der Waals surface area contributed by atoms with Gasteiger partial charge >= 0.3 is 0 Å². The zero-order valence-electron chi connectivity index (χ0n) is 14.3. The van der Waals surface area contributed by atoms with Gasteiger partial charge in [-0.05, 0) is 18.3 Å². The lowest BCUT2D eigenvalue weighted by atomic mass is 10.1. The van der Waals surface area contributed by atoms with Crippen molar-refractivity contribution in [3.8, 4) is 0 Å². The molecule has 0 aromatic carbocycles. The van der Waals surface area contributed by atoms with E-state index in [1.807, 2.05) is 0 Å². The third-order valence-electron chi connectivity index (χ3n) is 3.27. The van der Waals surface area contributed by atoms with Crippen molar-refractivity contribution in [1.29, 1.82) is 0 Å². The van der Waals surface area contributed by atoms with Crippen molar-refractivity contribution in [2.45, 2.75) is 6.54 Å². The van der Waals surface area contributed by atoms with E-state index >= 15 is 0 Å². The second-order valence-electron chi connectivity index (χ2n) is 4.89. The molecule has 8 nitrogen and oxygen atoms in total. The summed E-state index contributed by atoms with van der Waals surface area (Å²) in [6, 6.07) is 1.36. The molecule has 136 valence electrons. The topological polar surface area (TPSA) is 111 Å². The summed E-state index contributed by atoms with van der Waals surface area (Å²) >= 11 is 5.24. The maximum absolute atomic E-state index is 11.9. The second kappa shape index (κ2) is 9.60. The number of carbonyl (C=O) groups excluding carboxylic acids is 1. The Morgan fingerprint density at radius 1 is 1.44 bits per heavy atom. The smallest absolute Gasteiger partial charge is 0.252 e. The third kappa shape index (κ3) is 5.73.